The zero-order chi connectivity index (χ0) is 12.1. The third kappa shape index (κ3) is 1.90. The minimum absolute atomic E-state index is 0.388. The highest BCUT2D eigenvalue weighted by atomic mass is 16.4. The van der Waals surface area contributed by atoms with Crippen LogP contribution in [0.2, 0.25) is 0 Å². The molecule has 2 heteroatoms. The Morgan fingerprint density at radius 1 is 1.18 bits per heavy atom. The van der Waals surface area contributed by atoms with Gasteiger partial charge in [-0.25, -0.2) is 0 Å². The van der Waals surface area contributed by atoms with Crippen molar-refractivity contribution in [3.63, 3.8) is 0 Å². The average Bonchev–Trinajstić information content (AvgIpc) is 2.25. The van der Waals surface area contributed by atoms with E-state index in [1.165, 1.54) is 44.9 Å². The summed E-state index contributed by atoms with van der Waals surface area (Å²) in [6.45, 7) is 2.35. The summed E-state index contributed by atoms with van der Waals surface area (Å²) in [6.07, 6.45) is 11.0. The van der Waals surface area contributed by atoms with Crippen molar-refractivity contribution in [2.45, 2.75) is 64.7 Å². The second kappa shape index (κ2) is 3.73. The Kier molecular flexibility index (Phi) is 2.53. The molecule has 0 saturated heterocycles. The number of carboxylic acid groups (broad SMARTS) is 1. The van der Waals surface area contributed by atoms with Crippen LogP contribution in [0.3, 0.4) is 0 Å². The lowest BCUT2D eigenvalue weighted by Crippen LogP contribution is -2.51. The van der Waals surface area contributed by atoms with Gasteiger partial charge in [-0.3, -0.25) is 4.79 Å². The van der Waals surface area contributed by atoms with Crippen molar-refractivity contribution in [2.24, 2.45) is 22.7 Å². The predicted octanol–water partition coefficient (Wildman–Crippen LogP) is 3.85. The molecule has 4 aliphatic carbocycles. The quantitative estimate of drug-likeness (QED) is 0.805. The van der Waals surface area contributed by atoms with Crippen LogP contribution in [0.1, 0.15) is 64.7 Å². The maximum Gasteiger partial charge on any atom is 0.303 e. The lowest BCUT2D eigenvalue weighted by Gasteiger charge is -2.62. The summed E-state index contributed by atoms with van der Waals surface area (Å²) >= 11 is 0. The van der Waals surface area contributed by atoms with Crippen LogP contribution in [0.4, 0.5) is 0 Å². The highest BCUT2D eigenvalue weighted by Crippen LogP contribution is 2.67. The van der Waals surface area contributed by atoms with Gasteiger partial charge < -0.3 is 5.11 Å². The molecule has 0 spiro atoms. The number of carboxylic acids is 1. The SMILES string of the molecule is CCC12CC3CC(C1)CC(CCC(=O)O)(C3)C2. The van der Waals surface area contributed by atoms with Gasteiger partial charge in [0, 0.05) is 6.42 Å². The van der Waals surface area contributed by atoms with Crippen LogP contribution in [-0.4, -0.2) is 11.1 Å². The molecule has 17 heavy (non-hydrogen) atoms. The highest BCUT2D eigenvalue weighted by Gasteiger charge is 2.56. The summed E-state index contributed by atoms with van der Waals surface area (Å²) in [5.74, 6) is 1.24. The molecule has 4 fully saturated rings. The van der Waals surface area contributed by atoms with E-state index in [9.17, 15) is 4.79 Å². The molecule has 0 aromatic rings. The van der Waals surface area contributed by atoms with E-state index in [2.05, 4.69) is 6.92 Å². The van der Waals surface area contributed by atoms with Crippen molar-refractivity contribution in [3.05, 3.63) is 0 Å². The highest BCUT2D eigenvalue weighted by molar-refractivity contribution is 5.66. The molecule has 0 aliphatic heterocycles. The number of rotatable bonds is 4. The Bertz CT molecular complexity index is 320. The first-order valence-corrected chi connectivity index (χ1v) is 7.27. The van der Waals surface area contributed by atoms with Crippen LogP contribution >= 0.6 is 0 Å². The topological polar surface area (TPSA) is 37.3 Å². The minimum atomic E-state index is -0.605. The van der Waals surface area contributed by atoms with Crippen LogP contribution in [0.5, 0.6) is 0 Å². The van der Waals surface area contributed by atoms with Gasteiger partial charge in [-0.05, 0) is 67.6 Å². The standard InChI is InChI=1S/C15H24O2/c1-2-14-6-11-5-12(7-14)9-15(8-11,10-14)4-3-13(16)17/h11-12H,2-10H2,1H3,(H,16,17). The van der Waals surface area contributed by atoms with Crippen molar-refractivity contribution in [3.8, 4) is 0 Å². The van der Waals surface area contributed by atoms with Gasteiger partial charge in [0.2, 0.25) is 0 Å². The van der Waals surface area contributed by atoms with Crippen LogP contribution in [0, 0.1) is 22.7 Å². The van der Waals surface area contributed by atoms with Crippen molar-refractivity contribution >= 4 is 5.97 Å². The Labute approximate surface area is 104 Å². The summed E-state index contributed by atoms with van der Waals surface area (Å²) in [7, 11) is 0. The molecular weight excluding hydrogens is 212 g/mol. The van der Waals surface area contributed by atoms with E-state index in [4.69, 9.17) is 5.11 Å². The first kappa shape index (κ1) is 11.6. The van der Waals surface area contributed by atoms with E-state index in [1.807, 2.05) is 0 Å². The summed E-state index contributed by atoms with van der Waals surface area (Å²) in [6, 6.07) is 0. The lowest BCUT2D eigenvalue weighted by atomic mass is 9.43. The molecular formula is C15H24O2. The molecule has 4 bridgehead atoms. The molecule has 0 aromatic heterocycles. The van der Waals surface area contributed by atoms with Crippen molar-refractivity contribution < 1.29 is 9.90 Å². The fraction of sp³-hybridized carbons (Fsp3) is 0.933. The van der Waals surface area contributed by atoms with Crippen molar-refractivity contribution in [1.82, 2.24) is 0 Å². The van der Waals surface area contributed by atoms with E-state index in [0.29, 0.717) is 17.3 Å². The second-order valence-corrected chi connectivity index (χ2v) is 7.21. The zero-order valence-corrected chi connectivity index (χ0v) is 10.9. The smallest absolute Gasteiger partial charge is 0.303 e. The van der Waals surface area contributed by atoms with Crippen LogP contribution < -0.4 is 0 Å². The third-order valence-corrected chi connectivity index (χ3v) is 5.92. The van der Waals surface area contributed by atoms with Gasteiger partial charge in [0.05, 0.1) is 0 Å². The maximum atomic E-state index is 10.8. The Balaban J connectivity index is 1.80. The molecule has 0 amide bonds. The molecule has 0 heterocycles. The second-order valence-electron chi connectivity index (χ2n) is 7.21. The summed E-state index contributed by atoms with van der Waals surface area (Å²) in [5.41, 5.74) is 1.01. The van der Waals surface area contributed by atoms with Gasteiger partial charge >= 0.3 is 5.97 Å². The van der Waals surface area contributed by atoms with Crippen LogP contribution in [0.15, 0.2) is 0 Å². The molecule has 4 aliphatic rings. The normalized spacial score (nSPS) is 47.4. The molecule has 0 aromatic carbocycles. The van der Waals surface area contributed by atoms with Crippen LogP contribution in [-0.2, 0) is 4.79 Å². The fourth-order valence-electron chi connectivity index (χ4n) is 5.73. The van der Waals surface area contributed by atoms with E-state index in [-0.39, 0.29) is 0 Å². The Morgan fingerprint density at radius 2 is 1.76 bits per heavy atom. The van der Waals surface area contributed by atoms with Crippen molar-refractivity contribution in [2.75, 3.05) is 0 Å². The largest absolute Gasteiger partial charge is 0.481 e. The number of aliphatic carboxylic acids is 1. The van der Waals surface area contributed by atoms with E-state index in [0.717, 1.165) is 18.3 Å². The van der Waals surface area contributed by atoms with Crippen LogP contribution in [0.25, 0.3) is 0 Å². The predicted molar refractivity (Wildman–Crippen MR) is 66.7 cm³/mol. The monoisotopic (exact) mass is 236 g/mol. The molecule has 2 unspecified atom stereocenters. The summed E-state index contributed by atoms with van der Waals surface area (Å²) in [5, 5.41) is 8.94. The number of hydrogen-bond donors (Lipinski definition) is 1. The van der Waals surface area contributed by atoms with Gasteiger partial charge in [-0.1, -0.05) is 13.3 Å². The Hall–Kier alpha value is -0.530. The number of hydrogen-bond acceptors (Lipinski definition) is 1. The fourth-order valence-corrected chi connectivity index (χ4v) is 5.73. The van der Waals surface area contributed by atoms with Gasteiger partial charge in [-0.2, -0.15) is 0 Å². The molecule has 2 atom stereocenters. The van der Waals surface area contributed by atoms with Gasteiger partial charge in [-0.15, -0.1) is 0 Å². The zero-order valence-electron chi connectivity index (χ0n) is 10.9. The number of carbonyl (C=O) groups is 1. The van der Waals surface area contributed by atoms with E-state index < -0.39 is 5.97 Å². The van der Waals surface area contributed by atoms with E-state index in [1.54, 1.807) is 0 Å². The molecule has 4 saturated carbocycles. The first-order chi connectivity index (χ1) is 8.05. The first-order valence-electron chi connectivity index (χ1n) is 7.27. The summed E-state index contributed by atoms with van der Waals surface area (Å²) < 4.78 is 0. The van der Waals surface area contributed by atoms with Gasteiger partial charge in [0.1, 0.15) is 0 Å². The minimum Gasteiger partial charge on any atom is -0.481 e. The average molecular weight is 236 g/mol. The Morgan fingerprint density at radius 3 is 2.29 bits per heavy atom. The third-order valence-electron chi connectivity index (χ3n) is 5.92. The maximum absolute atomic E-state index is 10.8. The molecule has 2 nitrogen and oxygen atoms in total. The van der Waals surface area contributed by atoms with E-state index >= 15 is 0 Å². The summed E-state index contributed by atoms with van der Waals surface area (Å²) in [4.78, 5) is 10.8. The molecule has 0 radical (unpaired) electrons. The van der Waals surface area contributed by atoms with Crippen molar-refractivity contribution in [1.29, 1.82) is 0 Å². The van der Waals surface area contributed by atoms with Gasteiger partial charge in [0.25, 0.3) is 0 Å². The molecule has 1 N–H and O–H groups in total. The van der Waals surface area contributed by atoms with Gasteiger partial charge in [0.15, 0.2) is 0 Å². The molecule has 4 rings (SSSR count). The molecule has 96 valence electrons. The lowest BCUT2D eigenvalue weighted by molar-refractivity contribution is -0.142.